The first-order valence-electron chi connectivity index (χ1n) is 4.89. The zero-order chi connectivity index (χ0) is 13.9. The first-order valence-corrected chi connectivity index (χ1v) is 6.75. The van der Waals surface area contributed by atoms with Crippen LogP contribution in [0.5, 0.6) is 0 Å². The molecular weight excluding hydrogens is 290 g/mol. The van der Waals surface area contributed by atoms with Crippen LogP contribution in [0.15, 0.2) is 35.4 Å². The Bertz CT molecular complexity index is 722. The van der Waals surface area contributed by atoms with Crippen LogP contribution in [0.2, 0.25) is 5.15 Å². The van der Waals surface area contributed by atoms with E-state index in [0.29, 0.717) is 0 Å². The fourth-order valence-electron chi connectivity index (χ4n) is 1.17. The molecule has 96 valence electrons. The highest BCUT2D eigenvalue weighted by molar-refractivity contribution is 7.92. The average Bonchev–Trinajstić information content (AvgIpc) is 2.41. The number of nitrogens with zero attached hydrogens (tertiary/aromatic N) is 4. The fraction of sp³-hybridized carbons (Fsp3) is 0. The highest BCUT2D eigenvalue weighted by Gasteiger charge is 2.15. The van der Waals surface area contributed by atoms with Gasteiger partial charge >= 0.3 is 0 Å². The maximum atomic E-state index is 12.0. The van der Waals surface area contributed by atoms with Crippen molar-refractivity contribution in [3.8, 4) is 6.07 Å². The van der Waals surface area contributed by atoms with E-state index in [9.17, 15) is 8.42 Å². The molecule has 2 aromatic rings. The van der Waals surface area contributed by atoms with Gasteiger partial charge in [0.15, 0.2) is 11.0 Å². The molecule has 0 bridgehead atoms. The summed E-state index contributed by atoms with van der Waals surface area (Å²) in [7, 11) is -3.82. The Morgan fingerprint density at radius 2 is 2.00 bits per heavy atom. The predicted molar refractivity (Wildman–Crippen MR) is 66.8 cm³/mol. The van der Waals surface area contributed by atoms with Crippen LogP contribution in [-0.4, -0.2) is 23.6 Å². The van der Waals surface area contributed by atoms with Crippen LogP contribution >= 0.6 is 11.6 Å². The molecule has 2 rings (SSSR count). The Kier molecular flexibility index (Phi) is 3.59. The average molecular weight is 296 g/mol. The number of sulfonamides is 1. The Morgan fingerprint density at radius 3 is 2.53 bits per heavy atom. The Hall–Kier alpha value is -2.24. The summed E-state index contributed by atoms with van der Waals surface area (Å²) in [5, 5.41) is 15.8. The van der Waals surface area contributed by atoms with Crippen molar-refractivity contribution in [1.29, 1.82) is 5.26 Å². The summed E-state index contributed by atoms with van der Waals surface area (Å²) in [5.74, 6) is 0.0359. The van der Waals surface area contributed by atoms with Crippen LogP contribution in [0, 0.1) is 11.3 Å². The number of hydrogen-bond acceptors (Lipinski definition) is 6. The quantitative estimate of drug-likeness (QED) is 0.911. The molecule has 0 aliphatic carbocycles. The van der Waals surface area contributed by atoms with Crippen LogP contribution in [0.4, 0.5) is 5.82 Å². The molecule has 0 saturated heterocycles. The third kappa shape index (κ3) is 3.15. The van der Waals surface area contributed by atoms with Crippen molar-refractivity contribution in [3.63, 3.8) is 0 Å². The number of hydrogen-bond donors (Lipinski definition) is 1. The summed E-state index contributed by atoms with van der Waals surface area (Å²) in [6.45, 7) is 0. The minimum absolute atomic E-state index is 0.0359. The highest BCUT2D eigenvalue weighted by Crippen LogP contribution is 2.14. The lowest BCUT2D eigenvalue weighted by Gasteiger charge is -2.05. The third-order valence-electron chi connectivity index (χ3n) is 2.03. The monoisotopic (exact) mass is 295 g/mol. The van der Waals surface area contributed by atoms with Gasteiger partial charge in [0.05, 0.1) is 0 Å². The van der Waals surface area contributed by atoms with Crippen molar-refractivity contribution >= 4 is 27.4 Å². The second kappa shape index (κ2) is 5.17. The molecule has 19 heavy (non-hydrogen) atoms. The normalized spacial score (nSPS) is 10.7. The van der Waals surface area contributed by atoms with Crippen LogP contribution in [0.3, 0.4) is 0 Å². The van der Waals surface area contributed by atoms with Crippen molar-refractivity contribution < 1.29 is 8.42 Å². The van der Waals surface area contributed by atoms with Crippen LogP contribution in [0.1, 0.15) is 5.69 Å². The van der Waals surface area contributed by atoms with Crippen molar-refractivity contribution in [1.82, 2.24) is 15.2 Å². The summed E-state index contributed by atoms with van der Waals surface area (Å²) < 4.78 is 26.1. The molecule has 0 spiro atoms. The van der Waals surface area contributed by atoms with Crippen molar-refractivity contribution in [2.24, 2.45) is 0 Å². The van der Waals surface area contributed by atoms with E-state index >= 15 is 0 Å². The second-order valence-electron chi connectivity index (χ2n) is 3.34. The number of aromatic nitrogens is 3. The van der Waals surface area contributed by atoms with Crippen molar-refractivity contribution in [2.75, 3.05) is 4.72 Å². The smallest absolute Gasteiger partial charge is 0.262 e. The number of rotatable bonds is 3. The topological polar surface area (TPSA) is 109 Å². The molecule has 0 aromatic carbocycles. The summed E-state index contributed by atoms with van der Waals surface area (Å²) in [6.07, 6.45) is 1.09. The van der Waals surface area contributed by atoms with Crippen molar-refractivity contribution in [2.45, 2.75) is 4.90 Å². The molecule has 2 heterocycles. The molecule has 0 aliphatic heterocycles. The van der Waals surface area contributed by atoms with Gasteiger partial charge in [-0.1, -0.05) is 11.6 Å². The van der Waals surface area contributed by atoms with Gasteiger partial charge in [-0.3, -0.25) is 4.72 Å². The van der Waals surface area contributed by atoms with Crippen LogP contribution in [-0.2, 0) is 10.0 Å². The molecule has 0 saturated carbocycles. The standard InChI is InChI=1S/C10H6ClN5O2S/c11-9-3-4-10(15-14-9)16-19(17,18)8-2-1-7(5-12)13-6-8/h1-4,6H,(H,15,16). The Balaban J connectivity index is 2.27. The summed E-state index contributed by atoms with van der Waals surface area (Å²) in [4.78, 5) is 3.60. The molecule has 0 amide bonds. The van der Waals surface area contributed by atoms with E-state index in [1.165, 1.54) is 24.3 Å². The third-order valence-corrected chi connectivity index (χ3v) is 3.57. The largest absolute Gasteiger partial charge is 0.264 e. The maximum absolute atomic E-state index is 12.0. The van der Waals surface area contributed by atoms with E-state index in [1.54, 1.807) is 6.07 Å². The lowest BCUT2D eigenvalue weighted by atomic mass is 10.4. The lowest BCUT2D eigenvalue weighted by molar-refractivity contribution is 0.600. The van der Waals surface area contributed by atoms with Gasteiger partial charge in [-0.2, -0.15) is 5.26 Å². The first kappa shape index (κ1) is 13.2. The van der Waals surface area contributed by atoms with Crippen LogP contribution in [0.25, 0.3) is 0 Å². The van der Waals surface area contributed by atoms with E-state index < -0.39 is 10.0 Å². The van der Waals surface area contributed by atoms with Crippen molar-refractivity contribution in [3.05, 3.63) is 41.3 Å². The molecule has 9 heteroatoms. The molecular formula is C10H6ClN5O2S. The van der Waals surface area contributed by atoms with E-state index in [-0.39, 0.29) is 21.6 Å². The minimum Gasteiger partial charge on any atom is -0.262 e. The molecule has 7 nitrogen and oxygen atoms in total. The molecule has 0 unspecified atom stereocenters. The zero-order valence-electron chi connectivity index (χ0n) is 9.28. The molecule has 0 aliphatic rings. The van der Waals surface area contributed by atoms with E-state index in [0.717, 1.165) is 6.20 Å². The van der Waals surface area contributed by atoms with Gasteiger partial charge in [-0.15, -0.1) is 10.2 Å². The number of halogens is 1. The number of pyridine rings is 1. The summed E-state index contributed by atoms with van der Waals surface area (Å²) >= 11 is 5.54. The highest BCUT2D eigenvalue weighted by atomic mass is 35.5. The van der Waals surface area contributed by atoms with Gasteiger partial charge in [0.25, 0.3) is 10.0 Å². The molecule has 0 atom stereocenters. The lowest BCUT2D eigenvalue weighted by Crippen LogP contribution is -2.14. The molecule has 0 fully saturated rings. The van der Waals surface area contributed by atoms with Gasteiger partial charge < -0.3 is 0 Å². The zero-order valence-corrected chi connectivity index (χ0v) is 10.9. The van der Waals surface area contributed by atoms with E-state index in [4.69, 9.17) is 16.9 Å². The molecule has 0 radical (unpaired) electrons. The first-order chi connectivity index (χ1) is 9.01. The minimum atomic E-state index is -3.82. The predicted octanol–water partition coefficient (Wildman–Crippen LogP) is 1.20. The number of nitriles is 1. The fourth-order valence-corrected chi connectivity index (χ4v) is 2.21. The molecule has 2 aromatic heterocycles. The Morgan fingerprint density at radius 1 is 1.21 bits per heavy atom. The van der Waals surface area contributed by atoms with E-state index in [2.05, 4.69) is 19.9 Å². The van der Waals surface area contributed by atoms with Gasteiger partial charge in [-0.25, -0.2) is 13.4 Å². The second-order valence-corrected chi connectivity index (χ2v) is 5.41. The SMILES string of the molecule is N#Cc1ccc(S(=O)(=O)Nc2ccc(Cl)nn2)cn1. The van der Waals surface area contributed by atoms with Gasteiger partial charge in [0.2, 0.25) is 0 Å². The number of anilines is 1. The number of nitrogens with one attached hydrogen (secondary N) is 1. The van der Waals surface area contributed by atoms with Gasteiger partial charge in [0.1, 0.15) is 16.7 Å². The maximum Gasteiger partial charge on any atom is 0.264 e. The van der Waals surface area contributed by atoms with Gasteiger partial charge in [-0.05, 0) is 24.3 Å². The van der Waals surface area contributed by atoms with Crippen LogP contribution < -0.4 is 4.72 Å². The van der Waals surface area contributed by atoms with E-state index in [1.807, 2.05) is 0 Å². The summed E-state index contributed by atoms with van der Waals surface area (Å²) in [5.41, 5.74) is 0.130. The van der Waals surface area contributed by atoms with Gasteiger partial charge in [0, 0.05) is 6.20 Å². The molecule has 1 N–H and O–H groups in total. The summed E-state index contributed by atoms with van der Waals surface area (Å²) in [6, 6.07) is 7.17. The Labute approximate surface area is 113 Å².